The maximum Gasteiger partial charge on any atom is 0.253 e. The minimum atomic E-state index is -0.0764. The number of amides is 3. The van der Waals surface area contributed by atoms with E-state index in [0.29, 0.717) is 43.2 Å². The van der Waals surface area contributed by atoms with Crippen molar-refractivity contribution in [3.8, 4) is 0 Å². The zero-order valence-electron chi connectivity index (χ0n) is 14.7. The SMILES string of the molecule is CC1CCN(C(=O)c2cccc(C(=O)N3CCN(C=O)CC3)c2)CC1. The van der Waals surface area contributed by atoms with Crippen LogP contribution in [0.5, 0.6) is 0 Å². The van der Waals surface area contributed by atoms with Gasteiger partial charge in [-0.05, 0) is 37.0 Å². The lowest BCUT2D eigenvalue weighted by Gasteiger charge is -2.33. The summed E-state index contributed by atoms with van der Waals surface area (Å²) in [5.41, 5.74) is 1.11. The van der Waals surface area contributed by atoms with Crippen molar-refractivity contribution in [2.75, 3.05) is 39.3 Å². The van der Waals surface area contributed by atoms with Crippen LogP contribution in [0.15, 0.2) is 24.3 Å². The maximum absolute atomic E-state index is 12.7. The van der Waals surface area contributed by atoms with Crippen LogP contribution in [0.25, 0.3) is 0 Å². The van der Waals surface area contributed by atoms with Gasteiger partial charge in [0.1, 0.15) is 0 Å². The van der Waals surface area contributed by atoms with Crippen LogP contribution in [0, 0.1) is 5.92 Å². The van der Waals surface area contributed by atoms with Gasteiger partial charge in [-0.25, -0.2) is 0 Å². The molecule has 2 aliphatic rings. The molecule has 2 aliphatic heterocycles. The third-order valence-corrected chi connectivity index (χ3v) is 5.18. The first kappa shape index (κ1) is 17.5. The van der Waals surface area contributed by atoms with Crippen molar-refractivity contribution in [2.24, 2.45) is 5.92 Å². The van der Waals surface area contributed by atoms with Crippen molar-refractivity contribution >= 4 is 18.2 Å². The van der Waals surface area contributed by atoms with Crippen LogP contribution in [-0.2, 0) is 4.79 Å². The molecule has 25 heavy (non-hydrogen) atoms. The Morgan fingerprint density at radius 3 is 1.96 bits per heavy atom. The maximum atomic E-state index is 12.7. The van der Waals surface area contributed by atoms with Gasteiger partial charge < -0.3 is 14.7 Å². The van der Waals surface area contributed by atoms with E-state index in [1.807, 2.05) is 4.90 Å². The molecule has 6 heteroatoms. The van der Waals surface area contributed by atoms with Crippen LogP contribution in [0.4, 0.5) is 0 Å². The van der Waals surface area contributed by atoms with Crippen molar-refractivity contribution in [2.45, 2.75) is 19.8 Å². The van der Waals surface area contributed by atoms with Gasteiger partial charge in [0, 0.05) is 50.4 Å². The van der Waals surface area contributed by atoms with E-state index in [9.17, 15) is 14.4 Å². The normalized spacial score (nSPS) is 19.0. The number of hydrogen-bond acceptors (Lipinski definition) is 3. The van der Waals surface area contributed by atoms with Crippen LogP contribution in [0.2, 0.25) is 0 Å². The Balaban J connectivity index is 1.67. The molecule has 1 aromatic rings. The summed E-state index contributed by atoms with van der Waals surface area (Å²) in [5, 5.41) is 0. The van der Waals surface area contributed by atoms with Crippen LogP contribution in [0.1, 0.15) is 40.5 Å². The lowest BCUT2D eigenvalue weighted by atomic mass is 9.98. The van der Waals surface area contributed by atoms with Crippen LogP contribution >= 0.6 is 0 Å². The Bertz CT molecular complexity index is 645. The fourth-order valence-corrected chi connectivity index (χ4v) is 3.39. The highest BCUT2D eigenvalue weighted by molar-refractivity contribution is 5.99. The largest absolute Gasteiger partial charge is 0.342 e. The fourth-order valence-electron chi connectivity index (χ4n) is 3.39. The van der Waals surface area contributed by atoms with Gasteiger partial charge >= 0.3 is 0 Å². The summed E-state index contributed by atoms with van der Waals surface area (Å²) in [5.74, 6) is 0.599. The number of piperidine rings is 1. The van der Waals surface area contributed by atoms with E-state index in [4.69, 9.17) is 0 Å². The molecule has 2 fully saturated rings. The topological polar surface area (TPSA) is 60.9 Å². The van der Waals surface area contributed by atoms with E-state index >= 15 is 0 Å². The zero-order valence-corrected chi connectivity index (χ0v) is 14.7. The number of nitrogens with zero attached hydrogens (tertiary/aromatic N) is 3. The predicted octanol–water partition coefficient (Wildman–Crippen LogP) is 1.47. The molecular weight excluding hydrogens is 318 g/mol. The van der Waals surface area contributed by atoms with Crippen molar-refractivity contribution in [3.05, 3.63) is 35.4 Å². The van der Waals surface area contributed by atoms with Gasteiger partial charge in [0.25, 0.3) is 11.8 Å². The van der Waals surface area contributed by atoms with Crippen molar-refractivity contribution < 1.29 is 14.4 Å². The summed E-state index contributed by atoms with van der Waals surface area (Å²) in [7, 11) is 0. The third-order valence-electron chi connectivity index (χ3n) is 5.18. The molecule has 0 bridgehead atoms. The van der Waals surface area contributed by atoms with E-state index in [-0.39, 0.29) is 11.8 Å². The first-order valence-corrected chi connectivity index (χ1v) is 8.96. The van der Waals surface area contributed by atoms with Crippen molar-refractivity contribution in [3.63, 3.8) is 0 Å². The number of benzene rings is 1. The Labute approximate surface area is 148 Å². The van der Waals surface area contributed by atoms with Crippen molar-refractivity contribution in [1.82, 2.24) is 14.7 Å². The van der Waals surface area contributed by atoms with E-state index in [1.54, 1.807) is 34.1 Å². The molecule has 0 spiro atoms. The van der Waals surface area contributed by atoms with E-state index in [1.165, 1.54) is 0 Å². The van der Waals surface area contributed by atoms with Gasteiger partial charge in [-0.3, -0.25) is 14.4 Å². The summed E-state index contributed by atoms with van der Waals surface area (Å²) in [6, 6.07) is 7.01. The summed E-state index contributed by atoms with van der Waals surface area (Å²) < 4.78 is 0. The van der Waals surface area contributed by atoms with E-state index in [0.717, 1.165) is 32.3 Å². The molecule has 0 atom stereocenters. The Hall–Kier alpha value is -2.37. The highest BCUT2D eigenvalue weighted by Crippen LogP contribution is 2.19. The molecule has 2 saturated heterocycles. The minimum absolute atomic E-state index is 0.00678. The third kappa shape index (κ3) is 4.00. The number of carbonyl (C=O) groups excluding carboxylic acids is 3. The Morgan fingerprint density at radius 2 is 1.44 bits per heavy atom. The first-order chi connectivity index (χ1) is 12.1. The summed E-state index contributed by atoms with van der Waals surface area (Å²) in [6.45, 7) is 5.95. The second-order valence-corrected chi connectivity index (χ2v) is 6.99. The molecule has 0 unspecified atom stereocenters. The number of likely N-dealkylation sites (tertiary alicyclic amines) is 1. The standard InChI is InChI=1S/C19H25N3O3/c1-15-5-7-21(8-6-15)18(24)16-3-2-4-17(13-16)19(25)22-11-9-20(14-23)10-12-22/h2-4,13-15H,5-12H2,1H3. The monoisotopic (exact) mass is 343 g/mol. The lowest BCUT2D eigenvalue weighted by molar-refractivity contribution is -0.119. The number of rotatable bonds is 3. The molecule has 0 aromatic heterocycles. The highest BCUT2D eigenvalue weighted by atomic mass is 16.2. The van der Waals surface area contributed by atoms with Crippen LogP contribution < -0.4 is 0 Å². The summed E-state index contributed by atoms with van der Waals surface area (Å²) >= 11 is 0. The molecule has 0 aliphatic carbocycles. The van der Waals surface area contributed by atoms with Gasteiger partial charge in [-0.1, -0.05) is 13.0 Å². The second kappa shape index (κ2) is 7.68. The molecule has 6 nitrogen and oxygen atoms in total. The molecule has 2 heterocycles. The van der Waals surface area contributed by atoms with Gasteiger partial charge in [0.2, 0.25) is 6.41 Å². The number of carbonyl (C=O) groups is 3. The Kier molecular flexibility index (Phi) is 5.36. The van der Waals surface area contributed by atoms with Crippen molar-refractivity contribution in [1.29, 1.82) is 0 Å². The summed E-state index contributed by atoms with van der Waals surface area (Å²) in [4.78, 5) is 41.4. The highest BCUT2D eigenvalue weighted by Gasteiger charge is 2.24. The van der Waals surface area contributed by atoms with Crippen LogP contribution in [0.3, 0.4) is 0 Å². The van der Waals surface area contributed by atoms with Gasteiger partial charge in [-0.2, -0.15) is 0 Å². The molecule has 3 rings (SSSR count). The predicted molar refractivity (Wildman–Crippen MR) is 94.3 cm³/mol. The first-order valence-electron chi connectivity index (χ1n) is 8.96. The smallest absolute Gasteiger partial charge is 0.253 e. The quantitative estimate of drug-likeness (QED) is 0.781. The average molecular weight is 343 g/mol. The number of piperazine rings is 1. The fraction of sp³-hybridized carbons (Fsp3) is 0.526. The molecular formula is C19H25N3O3. The molecule has 3 amide bonds. The van der Waals surface area contributed by atoms with Gasteiger partial charge in [0.05, 0.1) is 0 Å². The molecule has 134 valence electrons. The van der Waals surface area contributed by atoms with Gasteiger partial charge in [0.15, 0.2) is 0 Å². The molecule has 0 radical (unpaired) electrons. The molecule has 1 aromatic carbocycles. The van der Waals surface area contributed by atoms with E-state index < -0.39 is 0 Å². The van der Waals surface area contributed by atoms with Gasteiger partial charge in [-0.15, -0.1) is 0 Å². The Morgan fingerprint density at radius 1 is 0.920 bits per heavy atom. The number of hydrogen-bond donors (Lipinski definition) is 0. The molecule has 0 saturated carbocycles. The second-order valence-electron chi connectivity index (χ2n) is 6.99. The summed E-state index contributed by atoms with van der Waals surface area (Å²) in [6.07, 6.45) is 2.89. The molecule has 0 N–H and O–H groups in total. The minimum Gasteiger partial charge on any atom is -0.342 e. The lowest BCUT2D eigenvalue weighted by Crippen LogP contribution is -2.48. The van der Waals surface area contributed by atoms with E-state index in [2.05, 4.69) is 6.92 Å². The average Bonchev–Trinajstić information content (AvgIpc) is 2.67. The van der Waals surface area contributed by atoms with Crippen LogP contribution in [-0.4, -0.2) is 72.2 Å². The zero-order chi connectivity index (χ0) is 17.8.